The zero-order chi connectivity index (χ0) is 16.2. The third-order valence-electron chi connectivity index (χ3n) is 3.98. The van der Waals surface area contributed by atoms with Gasteiger partial charge in [0, 0.05) is 44.0 Å². The van der Waals surface area contributed by atoms with E-state index in [1.807, 2.05) is 40.6 Å². The van der Waals surface area contributed by atoms with Gasteiger partial charge in [0.1, 0.15) is 5.01 Å². The van der Waals surface area contributed by atoms with Crippen LogP contribution in [0.2, 0.25) is 0 Å². The van der Waals surface area contributed by atoms with Gasteiger partial charge in [-0.2, -0.15) is 0 Å². The number of piperazine rings is 1. The maximum Gasteiger partial charge on any atom is 0.228 e. The number of hydrogen-bond donors (Lipinski definition) is 0. The van der Waals surface area contributed by atoms with Gasteiger partial charge in [-0.1, -0.05) is 30.3 Å². The summed E-state index contributed by atoms with van der Waals surface area (Å²) in [7, 11) is 0. The number of aromatic nitrogens is 1. The smallest absolute Gasteiger partial charge is 0.228 e. The van der Waals surface area contributed by atoms with Gasteiger partial charge in [-0.25, -0.2) is 4.98 Å². The van der Waals surface area contributed by atoms with Crippen molar-refractivity contribution in [3.8, 4) is 10.6 Å². The minimum atomic E-state index is 0.0732. The van der Waals surface area contributed by atoms with Crippen molar-refractivity contribution in [1.82, 2.24) is 14.8 Å². The van der Waals surface area contributed by atoms with Gasteiger partial charge in [0.2, 0.25) is 11.8 Å². The third-order valence-corrected chi connectivity index (χ3v) is 4.92. The summed E-state index contributed by atoms with van der Waals surface area (Å²) in [6.45, 7) is 4.01. The van der Waals surface area contributed by atoms with Crippen molar-refractivity contribution in [2.75, 3.05) is 26.2 Å². The molecule has 1 fully saturated rings. The number of nitrogens with zero attached hydrogens (tertiary/aromatic N) is 3. The molecule has 23 heavy (non-hydrogen) atoms. The molecule has 0 aliphatic carbocycles. The Morgan fingerprint density at radius 2 is 1.74 bits per heavy atom. The van der Waals surface area contributed by atoms with E-state index in [-0.39, 0.29) is 11.8 Å². The van der Waals surface area contributed by atoms with Crippen LogP contribution in [0.25, 0.3) is 10.6 Å². The molecule has 1 aromatic carbocycles. The quantitative estimate of drug-likeness (QED) is 0.866. The van der Waals surface area contributed by atoms with E-state index in [1.54, 1.807) is 23.2 Å². The molecule has 2 heterocycles. The summed E-state index contributed by atoms with van der Waals surface area (Å²) >= 11 is 1.56. The summed E-state index contributed by atoms with van der Waals surface area (Å²) in [6, 6.07) is 9.98. The Morgan fingerprint density at radius 3 is 2.39 bits per heavy atom. The predicted molar refractivity (Wildman–Crippen MR) is 90.1 cm³/mol. The molecule has 1 aliphatic heterocycles. The van der Waals surface area contributed by atoms with Crippen LogP contribution in [-0.2, 0) is 16.0 Å². The van der Waals surface area contributed by atoms with Crippen LogP contribution in [-0.4, -0.2) is 52.8 Å². The van der Waals surface area contributed by atoms with Gasteiger partial charge in [0.05, 0.1) is 12.1 Å². The second-order valence-corrected chi connectivity index (χ2v) is 6.43. The number of carbonyl (C=O) groups excluding carboxylic acids is 2. The van der Waals surface area contributed by atoms with Crippen LogP contribution < -0.4 is 0 Å². The van der Waals surface area contributed by atoms with Gasteiger partial charge in [-0.05, 0) is 0 Å². The van der Waals surface area contributed by atoms with Crippen molar-refractivity contribution in [2.24, 2.45) is 0 Å². The molecule has 0 atom stereocenters. The zero-order valence-electron chi connectivity index (χ0n) is 13.1. The maximum atomic E-state index is 12.4. The van der Waals surface area contributed by atoms with Crippen LogP contribution >= 0.6 is 11.3 Å². The average Bonchev–Trinajstić information content (AvgIpc) is 3.04. The highest BCUT2D eigenvalue weighted by Gasteiger charge is 2.22. The monoisotopic (exact) mass is 329 g/mol. The van der Waals surface area contributed by atoms with Crippen LogP contribution in [0.1, 0.15) is 12.6 Å². The number of benzene rings is 1. The Kier molecular flexibility index (Phi) is 4.71. The van der Waals surface area contributed by atoms with Gasteiger partial charge < -0.3 is 9.80 Å². The highest BCUT2D eigenvalue weighted by atomic mass is 32.1. The van der Waals surface area contributed by atoms with Gasteiger partial charge in [-0.15, -0.1) is 11.3 Å². The standard InChI is InChI=1S/C17H19N3O2S/c1-13(21)19-7-9-20(10-8-19)16(22)11-15-12-23-17(18-15)14-5-3-2-4-6-14/h2-6,12H,7-11H2,1H3. The Balaban J connectivity index is 1.59. The molecule has 1 saturated heterocycles. The van der Waals surface area contributed by atoms with Crippen LogP contribution in [0.5, 0.6) is 0 Å². The molecule has 0 bridgehead atoms. The van der Waals surface area contributed by atoms with E-state index in [4.69, 9.17) is 0 Å². The van der Waals surface area contributed by atoms with E-state index in [0.29, 0.717) is 32.6 Å². The lowest BCUT2D eigenvalue weighted by molar-refractivity contribution is -0.138. The first-order chi connectivity index (χ1) is 11.1. The number of rotatable bonds is 3. The molecule has 120 valence electrons. The number of thiazole rings is 1. The Hall–Kier alpha value is -2.21. The molecular weight excluding hydrogens is 310 g/mol. The zero-order valence-corrected chi connectivity index (χ0v) is 13.9. The molecular formula is C17H19N3O2S. The van der Waals surface area contributed by atoms with Gasteiger partial charge >= 0.3 is 0 Å². The van der Waals surface area contributed by atoms with Gasteiger partial charge in [-0.3, -0.25) is 9.59 Å². The lowest BCUT2D eigenvalue weighted by atomic mass is 10.2. The fraction of sp³-hybridized carbons (Fsp3) is 0.353. The van der Waals surface area contributed by atoms with E-state index in [0.717, 1.165) is 16.3 Å². The molecule has 0 unspecified atom stereocenters. The summed E-state index contributed by atoms with van der Waals surface area (Å²) in [4.78, 5) is 31.9. The van der Waals surface area contributed by atoms with E-state index in [1.165, 1.54) is 0 Å². The van der Waals surface area contributed by atoms with E-state index < -0.39 is 0 Å². The summed E-state index contributed by atoms with van der Waals surface area (Å²) < 4.78 is 0. The Bertz CT molecular complexity index is 691. The lowest BCUT2D eigenvalue weighted by Crippen LogP contribution is -2.50. The van der Waals surface area contributed by atoms with E-state index >= 15 is 0 Å². The number of hydrogen-bond acceptors (Lipinski definition) is 4. The molecule has 1 aromatic heterocycles. The van der Waals surface area contributed by atoms with Crippen molar-refractivity contribution in [3.05, 3.63) is 41.4 Å². The van der Waals surface area contributed by atoms with Gasteiger partial charge in [0.25, 0.3) is 0 Å². The van der Waals surface area contributed by atoms with Crippen molar-refractivity contribution >= 4 is 23.2 Å². The summed E-state index contributed by atoms with van der Waals surface area (Å²) in [5.74, 6) is 0.155. The Morgan fingerprint density at radius 1 is 1.09 bits per heavy atom. The normalized spacial score (nSPS) is 14.8. The van der Waals surface area contributed by atoms with Crippen molar-refractivity contribution in [2.45, 2.75) is 13.3 Å². The molecule has 3 rings (SSSR count). The molecule has 0 spiro atoms. The third kappa shape index (κ3) is 3.76. The largest absolute Gasteiger partial charge is 0.339 e. The van der Waals surface area contributed by atoms with Crippen molar-refractivity contribution in [1.29, 1.82) is 0 Å². The number of carbonyl (C=O) groups is 2. The molecule has 5 nitrogen and oxygen atoms in total. The molecule has 2 amide bonds. The molecule has 1 aliphatic rings. The summed E-state index contributed by atoms with van der Waals surface area (Å²) in [5.41, 5.74) is 1.89. The van der Waals surface area contributed by atoms with E-state index in [2.05, 4.69) is 4.98 Å². The minimum Gasteiger partial charge on any atom is -0.339 e. The first kappa shape index (κ1) is 15.7. The average molecular weight is 329 g/mol. The minimum absolute atomic E-state index is 0.0732. The highest BCUT2D eigenvalue weighted by Crippen LogP contribution is 2.23. The van der Waals surface area contributed by atoms with Crippen LogP contribution in [0.3, 0.4) is 0 Å². The maximum absolute atomic E-state index is 12.4. The highest BCUT2D eigenvalue weighted by molar-refractivity contribution is 7.13. The van der Waals surface area contributed by atoms with Crippen LogP contribution in [0.15, 0.2) is 35.7 Å². The molecule has 6 heteroatoms. The van der Waals surface area contributed by atoms with E-state index in [9.17, 15) is 9.59 Å². The van der Waals surface area contributed by atoms with Crippen LogP contribution in [0.4, 0.5) is 0 Å². The molecule has 2 aromatic rings. The van der Waals surface area contributed by atoms with Crippen LogP contribution in [0, 0.1) is 0 Å². The molecule has 0 saturated carbocycles. The molecule has 0 N–H and O–H groups in total. The number of amides is 2. The fourth-order valence-corrected chi connectivity index (χ4v) is 3.46. The van der Waals surface area contributed by atoms with Crippen molar-refractivity contribution in [3.63, 3.8) is 0 Å². The summed E-state index contributed by atoms with van der Waals surface area (Å²) in [6.07, 6.45) is 0.323. The van der Waals surface area contributed by atoms with Gasteiger partial charge in [0.15, 0.2) is 0 Å². The topological polar surface area (TPSA) is 53.5 Å². The first-order valence-electron chi connectivity index (χ1n) is 7.66. The lowest BCUT2D eigenvalue weighted by Gasteiger charge is -2.34. The SMILES string of the molecule is CC(=O)N1CCN(C(=O)Cc2csc(-c3ccccc3)n2)CC1. The summed E-state index contributed by atoms with van der Waals surface area (Å²) in [5, 5.41) is 2.89. The Labute approximate surface area is 139 Å². The first-order valence-corrected chi connectivity index (χ1v) is 8.54. The second-order valence-electron chi connectivity index (χ2n) is 5.57. The molecule has 0 radical (unpaired) electrons. The second kappa shape index (κ2) is 6.91. The van der Waals surface area contributed by atoms with Crippen molar-refractivity contribution < 1.29 is 9.59 Å². The fourth-order valence-electron chi connectivity index (χ4n) is 2.64. The predicted octanol–water partition coefficient (Wildman–Crippen LogP) is 2.04.